The van der Waals surface area contributed by atoms with Gasteiger partial charge in [0.25, 0.3) is 0 Å². The summed E-state index contributed by atoms with van der Waals surface area (Å²) in [5, 5.41) is 18.3. The van der Waals surface area contributed by atoms with Crippen molar-refractivity contribution in [1.82, 2.24) is 0 Å². The second kappa shape index (κ2) is 40.9. The summed E-state index contributed by atoms with van der Waals surface area (Å²) in [6.45, 7) is 2.39. The molecule has 0 saturated heterocycles. The van der Waals surface area contributed by atoms with Crippen LogP contribution in [0.4, 0.5) is 0 Å². The number of unbranched alkanes of at least 4 members (excludes halogenated alkanes) is 27. The minimum Gasteiger partial charge on any atom is -0.462 e. The molecular formula is C44H85O10P. The summed E-state index contributed by atoms with van der Waals surface area (Å²) in [7, 11) is -4.61. The Labute approximate surface area is 336 Å². The molecular weight excluding hydrogens is 719 g/mol. The first kappa shape index (κ1) is 53.7. The van der Waals surface area contributed by atoms with Crippen LogP contribution in [0, 0.1) is 0 Å². The van der Waals surface area contributed by atoms with Crippen molar-refractivity contribution in [2.24, 2.45) is 0 Å². The molecule has 0 aliphatic carbocycles. The zero-order valence-corrected chi connectivity index (χ0v) is 36.3. The first-order chi connectivity index (χ1) is 26.7. The molecule has 3 N–H and O–H groups in total. The summed E-state index contributed by atoms with van der Waals surface area (Å²) in [4.78, 5) is 35.0. The molecule has 0 aliphatic rings. The fourth-order valence-electron chi connectivity index (χ4n) is 6.40. The average Bonchev–Trinajstić information content (AvgIpc) is 3.17. The van der Waals surface area contributed by atoms with Gasteiger partial charge in [0.2, 0.25) is 0 Å². The highest BCUT2D eigenvalue weighted by Crippen LogP contribution is 2.43. The topological polar surface area (TPSA) is 149 Å². The van der Waals surface area contributed by atoms with Crippen molar-refractivity contribution in [2.45, 2.75) is 232 Å². The highest BCUT2D eigenvalue weighted by Gasteiger charge is 2.27. The molecule has 0 aliphatic heterocycles. The Kier molecular flexibility index (Phi) is 39.9. The van der Waals surface area contributed by atoms with Crippen LogP contribution in [0.15, 0.2) is 12.2 Å². The highest BCUT2D eigenvalue weighted by molar-refractivity contribution is 7.47. The molecule has 10 nitrogen and oxygen atoms in total. The molecule has 0 rings (SSSR count). The summed E-state index contributed by atoms with van der Waals surface area (Å²) in [5.74, 6) is -0.923. The van der Waals surface area contributed by atoms with Crippen LogP contribution >= 0.6 is 7.82 Å². The first-order valence-electron chi connectivity index (χ1n) is 22.6. The molecule has 0 amide bonds. The van der Waals surface area contributed by atoms with Crippen LogP contribution in [0.3, 0.4) is 0 Å². The van der Waals surface area contributed by atoms with Crippen LogP contribution < -0.4 is 0 Å². The number of phosphoric acid groups is 1. The molecule has 0 radical (unpaired) electrons. The van der Waals surface area contributed by atoms with Gasteiger partial charge in [-0.15, -0.1) is 0 Å². The third kappa shape index (κ3) is 40.7. The quantitative estimate of drug-likeness (QED) is 0.0235. The molecule has 0 fully saturated rings. The van der Waals surface area contributed by atoms with E-state index in [1.807, 2.05) is 0 Å². The molecule has 11 heteroatoms. The highest BCUT2D eigenvalue weighted by atomic mass is 31.2. The molecule has 0 heterocycles. The number of carbonyl (C=O) groups excluding carboxylic acids is 2. The predicted octanol–water partition coefficient (Wildman–Crippen LogP) is 12.0. The third-order valence-corrected chi connectivity index (χ3v) is 10.9. The van der Waals surface area contributed by atoms with Gasteiger partial charge < -0.3 is 24.6 Å². The number of aliphatic hydroxyl groups is 2. The number of aliphatic hydroxyl groups excluding tert-OH is 2. The molecule has 0 spiro atoms. The van der Waals surface area contributed by atoms with Crippen LogP contribution in [0.25, 0.3) is 0 Å². The standard InChI is InChI=1S/C44H85O10P/c1-3-5-7-9-11-13-15-17-19-20-21-22-24-26-28-30-32-34-36-44(48)54-42(40-53-55(49,50)52-38-41(46)37-45)39-51-43(47)35-33-31-29-27-25-23-18-16-14-12-10-8-6-4-2/h16,18,41-42,45-46H,3-15,17,19-40H2,1-2H3,(H,49,50)/b18-16+/t41-,42+/m0/s1. The van der Waals surface area contributed by atoms with E-state index >= 15 is 0 Å². The molecule has 55 heavy (non-hydrogen) atoms. The van der Waals surface area contributed by atoms with E-state index in [-0.39, 0.29) is 19.4 Å². The van der Waals surface area contributed by atoms with Crippen molar-refractivity contribution >= 4 is 19.8 Å². The first-order valence-corrected chi connectivity index (χ1v) is 24.1. The Morgan fingerprint density at radius 3 is 1.31 bits per heavy atom. The molecule has 0 bridgehead atoms. The zero-order valence-electron chi connectivity index (χ0n) is 35.4. The fourth-order valence-corrected chi connectivity index (χ4v) is 7.19. The van der Waals surface area contributed by atoms with Crippen LogP contribution in [0.2, 0.25) is 0 Å². The maximum absolute atomic E-state index is 12.6. The maximum Gasteiger partial charge on any atom is 0.472 e. The Hall–Kier alpha value is -1.29. The molecule has 0 aromatic heterocycles. The van der Waals surface area contributed by atoms with Crippen molar-refractivity contribution in [3.63, 3.8) is 0 Å². The van der Waals surface area contributed by atoms with Crippen LogP contribution in [0.5, 0.6) is 0 Å². The second-order valence-electron chi connectivity index (χ2n) is 15.4. The van der Waals surface area contributed by atoms with Crippen molar-refractivity contribution in [1.29, 1.82) is 0 Å². The lowest BCUT2D eigenvalue weighted by Crippen LogP contribution is -2.29. The second-order valence-corrected chi connectivity index (χ2v) is 16.9. The average molecular weight is 805 g/mol. The van der Waals surface area contributed by atoms with Crippen LogP contribution in [-0.4, -0.2) is 65.7 Å². The molecule has 326 valence electrons. The van der Waals surface area contributed by atoms with Gasteiger partial charge in [-0.1, -0.05) is 180 Å². The maximum atomic E-state index is 12.6. The van der Waals surface area contributed by atoms with Crippen molar-refractivity contribution in [2.75, 3.05) is 26.4 Å². The summed E-state index contributed by atoms with van der Waals surface area (Å²) in [6, 6.07) is 0. The number of ether oxygens (including phenoxy) is 2. The van der Waals surface area contributed by atoms with Gasteiger partial charge >= 0.3 is 19.8 Å². The van der Waals surface area contributed by atoms with E-state index in [4.69, 9.17) is 23.6 Å². The van der Waals surface area contributed by atoms with Gasteiger partial charge in [0.1, 0.15) is 12.7 Å². The van der Waals surface area contributed by atoms with Gasteiger partial charge in [-0.3, -0.25) is 18.6 Å². The number of hydrogen-bond acceptors (Lipinski definition) is 9. The third-order valence-electron chi connectivity index (χ3n) is 9.92. The number of allylic oxidation sites excluding steroid dienone is 2. The molecule has 0 saturated carbocycles. The van der Waals surface area contributed by atoms with E-state index in [0.29, 0.717) is 12.8 Å². The van der Waals surface area contributed by atoms with Gasteiger partial charge in [-0.25, -0.2) is 4.57 Å². The van der Waals surface area contributed by atoms with Crippen molar-refractivity contribution in [3.8, 4) is 0 Å². The van der Waals surface area contributed by atoms with Gasteiger partial charge in [-0.05, 0) is 38.5 Å². The van der Waals surface area contributed by atoms with E-state index in [1.165, 1.54) is 128 Å². The zero-order chi connectivity index (χ0) is 40.5. The Bertz CT molecular complexity index is 930. The van der Waals surface area contributed by atoms with Crippen LogP contribution in [-0.2, 0) is 32.7 Å². The van der Waals surface area contributed by atoms with E-state index in [0.717, 1.165) is 51.4 Å². The molecule has 1 unspecified atom stereocenters. The van der Waals surface area contributed by atoms with Gasteiger partial charge in [0.05, 0.1) is 19.8 Å². The monoisotopic (exact) mass is 805 g/mol. The van der Waals surface area contributed by atoms with Gasteiger partial charge in [0, 0.05) is 12.8 Å². The molecule has 3 atom stereocenters. The number of rotatable bonds is 43. The Balaban J connectivity index is 4.24. The lowest BCUT2D eigenvalue weighted by atomic mass is 10.0. The predicted molar refractivity (Wildman–Crippen MR) is 224 cm³/mol. The normalized spacial score (nSPS) is 13.9. The summed E-state index contributed by atoms with van der Waals surface area (Å²) >= 11 is 0. The van der Waals surface area contributed by atoms with Crippen LogP contribution in [0.1, 0.15) is 219 Å². The minimum atomic E-state index is -4.61. The smallest absolute Gasteiger partial charge is 0.462 e. The van der Waals surface area contributed by atoms with Gasteiger partial charge in [-0.2, -0.15) is 0 Å². The molecule has 0 aromatic rings. The Morgan fingerprint density at radius 2 is 0.891 bits per heavy atom. The summed E-state index contributed by atoms with van der Waals surface area (Å²) in [6.07, 6.45) is 38.9. The number of phosphoric ester groups is 1. The Morgan fingerprint density at radius 1 is 0.527 bits per heavy atom. The molecule has 0 aromatic carbocycles. The lowest BCUT2D eigenvalue weighted by molar-refractivity contribution is -0.161. The van der Waals surface area contributed by atoms with E-state index < -0.39 is 51.8 Å². The van der Waals surface area contributed by atoms with Gasteiger partial charge in [0.15, 0.2) is 6.10 Å². The summed E-state index contributed by atoms with van der Waals surface area (Å²) < 4.78 is 32.7. The SMILES string of the molecule is CCCCCCC/C=C/CCCCCCCC(=O)OC[C@H](COP(=O)(O)OC[C@@H](O)CO)OC(=O)CCCCCCCCCCCCCCCCCCCC. The number of carbonyl (C=O) groups is 2. The largest absolute Gasteiger partial charge is 0.472 e. The number of hydrogen-bond donors (Lipinski definition) is 3. The van der Waals surface area contributed by atoms with E-state index in [1.54, 1.807) is 0 Å². The summed E-state index contributed by atoms with van der Waals surface area (Å²) in [5.41, 5.74) is 0. The van der Waals surface area contributed by atoms with Crippen molar-refractivity contribution < 1.29 is 47.8 Å². The lowest BCUT2D eigenvalue weighted by Gasteiger charge is -2.20. The van der Waals surface area contributed by atoms with E-state index in [9.17, 15) is 24.2 Å². The van der Waals surface area contributed by atoms with E-state index in [2.05, 4.69) is 26.0 Å². The number of esters is 2. The fraction of sp³-hybridized carbons (Fsp3) is 0.909. The minimum absolute atomic E-state index is 0.188. The van der Waals surface area contributed by atoms with Crippen molar-refractivity contribution in [3.05, 3.63) is 12.2 Å².